The van der Waals surface area contributed by atoms with Crippen LogP contribution in [0.2, 0.25) is 0 Å². The molecule has 1 unspecified atom stereocenters. The number of aromatic nitrogens is 1. The van der Waals surface area contributed by atoms with Crippen LogP contribution >= 0.6 is 0 Å². The maximum Gasteiger partial charge on any atom is 0.136 e. The number of benzene rings is 12. The molecule has 0 saturated heterocycles. The molecule has 0 radical (unpaired) electrons. The Bertz CT molecular complexity index is 4620. The predicted octanol–water partition coefficient (Wildman–Crippen LogP) is 19.5. The van der Waals surface area contributed by atoms with Gasteiger partial charge in [0.15, 0.2) is 0 Å². The van der Waals surface area contributed by atoms with Crippen molar-refractivity contribution in [1.29, 1.82) is 0 Å². The molecule has 1 spiro atoms. The minimum absolute atomic E-state index is 0.518. The molecule has 14 aromatic rings. The standard InChI is InChI=1S/C73H46N2O/c1-3-16-47(17-4-1)48-30-36-54(37-31-48)74(55-38-32-49(33-39-55)51-35-42-68-62(45-51)59-23-9-13-28-67(59)75(68)53-19-5-2-6-20-53)56-21-15-18-50(44-56)52-34-40-58-57-22-7-11-26-63(57)73(66(58)46-52)64-27-12-8-24-60(64)71-65(73)41-43-70-72(71)61-25-10-14-29-69(61)76-70/h1-46H. The number of furan rings is 1. The highest BCUT2D eigenvalue weighted by atomic mass is 16.3. The number of hydrogen-bond donors (Lipinski definition) is 0. The van der Waals surface area contributed by atoms with Crippen molar-refractivity contribution in [3.8, 4) is 61.3 Å². The van der Waals surface area contributed by atoms with E-state index in [-0.39, 0.29) is 0 Å². The van der Waals surface area contributed by atoms with Gasteiger partial charge in [-0.25, -0.2) is 0 Å². The van der Waals surface area contributed by atoms with Gasteiger partial charge in [-0.3, -0.25) is 0 Å². The highest BCUT2D eigenvalue weighted by Gasteiger charge is 2.52. The van der Waals surface area contributed by atoms with Gasteiger partial charge in [-0.1, -0.05) is 194 Å². The van der Waals surface area contributed by atoms with Crippen molar-refractivity contribution in [2.45, 2.75) is 5.41 Å². The quantitative estimate of drug-likeness (QED) is 0.159. The SMILES string of the molecule is c1ccc(-c2ccc(N(c3ccc(-c4ccc5c(c4)c4ccccc4n5-c4ccccc4)cc3)c3cccc(-c4ccc5c(c4)C4(c6ccccc6-5)c5ccccc5-c5c4ccc4oc6ccccc6c54)c3)cc2)cc1. The predicted molar refractivity (Wildman–Crippen MR) is 315 cm³/mol. The molecule has 16 rings (SSSR count). The highest BCUT2D eigenvalue weighted by molar-refractivity contribution is 6.16. The molecule has 0 aliphatic heterocycles. The molecule has 354 valence electrons. The molecule has 0 amide bonds. The Morgan fingerprint density at radius 3 is 1.64 bits per heavy atom. The summed E-state index contributed by atoms with van der Waals surface area (Å²) in [6.45, 7) is 0. The van der Waals surface area contributed by atoms with E-state index in [1.54, 1.807) is 0 Å². The van der Waals surface area contributed by atoms with Gasteiger partial charge >= 0.3 is 0 Å². The van der Waals surface area contributed by atoms with Crippen molar-refractivity contribution in [3.63, 3.8) is 0 Å². The van der Waals surface area contributed by atoms with Gasteiger partial charge in [0.25, 0.3) is 0 Å². The number of anilines is 3. The number of para-hydroxylation sites is 3. The van der Waals surface area contributed by atoms with E-state index in [0.29, 0.717) is 0 Å². The van der Waals surface area contributed by atoms with E-state index in [0.717, 1.165) is 44.9 Å². The smallest absolute Gasteiger partial charge is 0.136 e. The van der Waals surface area contributed by atoms with Gasteiger partial charge in [0.1, 0.15) is 11.2 Å². The molecule has 3 heteroatoms. The average molecular weight is 967 g/mol. The van der Waals surface area contributed by atoms with Gasteiger partial charge in [0.2, 0.25) is 0 Å². The molecule has 3 nitrogen and oxygen atoms in total. The first-order valence-corrected chi connectivity index (χ1v) is 26.2. The molecular formula is C73H46N2O. The summed E-state index contributed by atoms with van der Waals surface area (Å²) in [4.78, 5) is 2.40. The number of fused-ring (bicyclic) bond motifs is 17. The molecule has 2 heterocycles. The Morgan fingerprint density at radius 1 is 0.303 bits per heavy atom. The summed E-state index contributed by atoms with van der Waals surface area (Å²) in [6.07, 6.45) is 0. The van der Waals surface area contributed by atoms with Crippen molar-refractivity contribution in [2.24, 2.45) is 0 Å². The van der Waals surface area contributed by atoms with E-state index in [4.69, 9.17) is 4.42 Å². The Labute approximate surface area is 440 Å². The maximum atomic E-state index is 6.54. The van der Waals surface area contributed by atoms with Crippen molar-refractivity contribution >= 4 is 60.8 Å². The Hall–Kier alpha value is -9.96. The third-order valence-corrected chi connectivity index (χ3v) is 16.4. The minimum Gasteiger partial charge on any atom is -0.456 e. The largest absolute Gasteiger partial charge is 0.456 e. The molecule has 2 aromatic heterocycles. The fourth-order valence-corrected chi connectivity index (χ4v) is 13.1. The second-order valence-corrected chi connectivity index (χ2v) is 20.3. The zero-order chi connectivity index (χ0) is 49.9. The molecule has 2 aliphatic rings. The van der Waals surface area contributed by atoms with Gasteiger partial charge in [-0.05, 0) is 163 Å². The van der Waals surface area contributed by atoms with Crippen LogP contribution in [0.4, 0.5) is 17.1 Å². The van der Waals surface area contributed by atoms with Crippen LogP contribution in [-0.4, -0.2) is 4.57 Å². The van der Waals surface area contributed by atoms with E-state index in [2.05, 4.69) is 289 Å². The van der Waals surface area contributed by atoms with Gasteiger partial charge in [0, 0.05) is 44.3 Å². The normalized spacial score (nSPS) is 14.1. The first kappa shape index (κ1) is 42.5. The number of nitrogens with zero attached hydrogens (tertiary/aromatic N) is 2. The van der Waals surface area contributed by atoms with Crippen LogP contribution in [0.1, 0.15) is 22.3 Å². The Balaban J connectivity index is 0.829. The second kappa shape index (κ2) is 16.5. The lowest BCUT2D eigenvalue weighted by molar-refractivity contribution is 0.668. The third-order valence-electron chi connectivity index (χ3n) is 16.4. The molecule has 2 aliphatic carbocycles. The molecular weight excluding hydrogens is 921 g/mol. The first-order valence-electron chi connectivity index (χ1n) is 26.2. The molecule has 0 bridgehead atoms. The van der Waals surface area contributed by atoms with Crippen LogP contribution < -0.4 is 4.90 Å². The first-order chi connectivity index (χ1) is 37.7. The Morgan fingerprint density at radius 2 is 0.855 bits per heavy atom. The van der Waals surface area contributed by atoms with E-state index in [1.165, 1.54) is 99.5 Å². The van der Waals surface area contributed by atoms with Crippen LogP contribution in [0, 0.1) is 0 Å². The van der Waals surface area contributed by atoms with Crippen LogP contribution in [-0.2, 0) is 5.41 Å². The topological polar surface area (TPSA) is 21.3 Å². The second-order valence-electron chi connectivity index (χ2n) is 20.3. The Kier molecular flexibility index (Phi) is 9.25. The van der Waals surface area contributed by atoms with Crippen molar-refractivity contribution < 1.29 is 4.42 Å². The lowest BCUT2D eigenvalue weighted by atomic mass is 9.70. The molecule has 0 saturated carbocycles. The lowest BCUT2D eigenvalue weighted by Crippen LogP contribution is -2.25. The molecule has 0 fully saturated rings. The van der Waals surface area contributed by atoms with E-state index >= 15 is 0 Å². The summed E-state index contributed by atoms with van der Waals surface area (Å²) >= 11 is 0. The number of hydrogen-bond acceptors (Lipinski definition) is 2. The molecule has 0 N–H and O–H groups in total. The summed E-state index contributed by atoms with van der Waals surface area (Å²) < 4.78 is 8.92. The van der Waals surface area contributed by atoms with E-state index < -0.39 is 5.41 Å². The zero-order valence-electron chi connectivity index (χ0n) is 41.4. The summed E-state index contributed by atoms with van der Waals surface area (Å²) in [5, 5.41) is 4.82. The monoisotopic (exact) mass is 966 g/mol. The lowest BCUT2D eigenvalue weighted by Gasteiger charge is -2.31. The molecule has 1 atom stereocenters. The minimum atomic E-state index is -0.518. The summed E-state index contributed by atoms with van der Waals surface area (Å²) in [6, 6.07) is 102. The summed E-state index contributed by atoms with van der Waals surface area (Å²) in [7, 11) is 0. The van der Waals surface area contributed by atoms with Crippen molar-refractivity contribution in [1.82, 2.24) is 4.57 Å². The van der Waals surface area contributed by atoms with Gasteiger partial charge in [-0.15, -0.1) is 0 Å². The van der Waals surface area contributed by atoms with Crippen LogP contribution in [0.5, 0.6) is 0 Å². The number of rotatable bonds is 7. The zero-order valence-corrected chi connectivity index (χ0v) is 41.4. The van der Waals surface area contributed by atoms with Gasteiger partial charge < -0.3 is 13.9 Å². The van der Waals surface area contributed by atoms with Gasteiger partial charge in [0.05, 0.1) is 16.4 Å². The van der Waals surface area contributed by atoms with E-state index in [9.17, 15) is 0 Å². The van der Waals surface area contributed by atoms with Crippen molar-refractivity contribution in [2.75, 3.05) is 4.90 Å². The molecule has 12 aromatic carbocycles. The van der Waals surface area contributed by atoms with Crippen LogP contribution in [0.3, 0.4) is 0 Å². The fourth-order valence-electron chi connectivity index (χ4n) is 13.1. The summed E-state index contributed by atoms with van der Waals surface area (Å²) in [5.41, 5.74) is 25.5. The van der Waals surface area contributed by atoms with Crippen LogP contribution in [0.15, 0.2) is 283 Å². The highest BCUT2D eigenvalue weighted by Crippen LogP contribution is 2.64. The van der Waals surface area contributed by atoms with Gasteiger partial charge in [-0.2, -0.15) is 0 Å². The maximum absolute atomic E-state index is 6.54. The molecule has 76 heavy (non-hydrogen) atoms. The summed E-state index contributed by atoms with van der Waals surface area (Å²) in [5.74, 6) is 0. The fraction of sp³-hybridized carbons (Fsp3) is 0.0137. The third kappa shape index (κ3) is 6.17. The van der Waals surface area contributed by atoms with Crippen molar-refractivity contribution in [3.05, 3.63) is 301 Å². The average Bonchev–Trinajstić information content (AvgIpc) is 4.40. The van der Waals surface area contributed by atoms with E-state index in [1.807, 2.05) is 0 Å². The van der Waals surface area contributed by atoms with Crippen LogP contribution in [0.25, 0.3) is 105 Å².